The first-order chi connectivity index (χ1) is 56.5. The van der Waals surface area contributed by atoms with E-state index in [0.29, 0.717) is 177 Å². The Kier molecular flexibility index (Phi) is 89.1. The van der Waals surface area contributed by atoms with Crippen LogP contribution >= 0.6 is 0 Å². The summed E-state index contributed by atoms with van der Waals surface area (Å²) >= 11 is 0. The third-order valence-electron chi connectivity index (χ3n) is 15.6. The van der Waals surface area contributed by atoms with E-state index in [1.54, 1.807) is 0 Å². The third kappa shape index (κ3) is 110. The Bertz CT molecular complexity index is 2260. The van der Waals surface area contributed by atoms with E-state index >= 15 is 0 Å². The Morgan fingerprint density at radius 1 is 0.231 bits per heavy atom. The fourth-order valence-corrected chi connectivity index (χ4v) is 9.66. The van der Waals surface area contributed by atoms with Crippen LogP contribution in [0.1, 0.15) is 254 Å². The first kappa shape index (κ1) is 128. The van der Waals surface area contributed by atoms with E-state index in [-0.39, 0.29) is 122 Å². The average Bonchev–Trinajstić information content (AvgIpc) is 0.890. The van der Waals surface area contributed by atoms with E-state index < -0.39 is 11.2 Å². The summed E-state index contributed by atoms with van der Waals surface area (Å²) in [7, 11) is 2.81. The van der Waals surface area contributed by atoms with E-state index in [0.717, 1.165) is 52.1 Å². The maximum absolute atomic E-state index is 11.9. The SMILES string of the molecule is CC(C)OCCN(CCOC(C)C)CC(=O)OC(C)(C)C.CC(C)OCCN(CCOC(C)C)CCC(=O)OC(C)(C)C.CCCCOC(=O)CN(CCOC(C)C)CCOC(C)C.CCOC(=O)CCN(CCOC(C)C)CCOC(C)C.COC(=O)CCN(CCOC(C)C)CCOC(C)C.COC(=O)CN(CCOC(C)C)CCOC(C)C. The minimum absolute atomic E-state index is 0.146. The van der Waals surface area contributed by atoms with Gasteiger partial charge in [0.15, 0.2) is 0 Å². The van der Waals surface area contributed by atoms with Crippen molar-refractivity contribution >= 4 is 35.8 Å². The topological polar surface area (TPSA) is 288 Å². The molecule has 30 nitrogen and oxygen atoms in total. The van der Waals surface area contributed by atoms with Crippen LogP contribution in [0, 0.1) is 0 Å². The number of ether oxygens (including phenoxy) is 18. The molecule has 0 radical (unpaired) electrons. The Morgan fingerprint density at radius 3 is 0.636 bits per heavy atom. The number of nitrogens with zero attached hydrogens (tertiary/aromatic N) is 6. The molecule has 0 aliphatic rings. The molecule has 0 rings (SSSR count). The molecule has 121 heavy (non-hydrogen) atoms. The third-order valence-corrected chi connectivity index (χ3v) is 15.6. The lowest BCUT2D eigenvalue weighted by atomic mass is 10.2. The Hall–Kier alpha value is -3.90. The van der Waals surface area contributed by atoms with Gasteiger partial charge in [0.05, 0.1) is 219 Å². The fourth-order valence-electron chi connectivity index (χ4n) is 9.66. The summed E-state index contributed by atoms with van der Waals surface area (Å²) in [5.41, 5.74) is -0.880. The number of hydrogen-bond acceptors (Lipinski definition) is 30. The monoisotopic (exact) mass is 1750 g/mol. The minimum atomic E-state index is -0.453. The lowest BCUT2D eigenvalue weighted by Gasteiger charge is -2.25. The quantitative estimate of drug-likeness (QED) is 0.0310. The summed E-state index contributed by atoms with van der Waals surface area (Å²) in [6.07, 6.45) is 5.73. The molecule has 0 N–H and O–H groups in total. The molecule has 726 valence electrons. The molecule has 0 fully saturated rings. The highest BCUT2D eigenvalue weighted by Crippen LogP contribution is 2.11. The molecule has 30 heteroatoms. The van der Waals surface area contributed by atoms with E-state index in [4.69, 9.17) is 75.8 Å². The zero-order valence-corrected chi connectivity index (χ0v) is 83.6. The first-order valence-corrected chi connectivity index (χ1v) is 45.1. The molecule has 0 saturated heterocycles. The highest BCUT2D eigenvalue weighted by molar-refractivity contribution is 5.73. The molecular weight excluding hydrogens is 1560 g/mol. The van der Waals surface area contributed by atoms with Gasteiger partial charge in [-0.1, -0.05) is 13.3 Å². The molecule has 0 heterocycles. The van der Waals surface area contributed by atoms with Crippen LogP contribution in [0.25, 0.3) is 0 Å². The van der Waals surface area contributed by atoms with Gasteiger partial charge in [0, 0.05) is 98.2 Å². The Morgan fingerprint density at radius 2 is 0.430 bits per heavy atom. The molecule has 0 aliphatic heterocycles. The molecule has 0 unspecified atom stereocenters. The molecule has 0 aromatic heterocycles. The largest absolute Gasteiger partial charge is 0.469 e. The van der Waals surface area contributed by atoms with E-state index in [2.05, 4.69) is 31.1 Å². The molecular formula is C91H188N6O24. The zero-order chi connectivity index (χ0) is 93.7. The number of carbonyl (C=O) groups excluding carboxylic acids is 6. The van der Waals surface area contributed by atoms with Crippen LogP contribution < -0.4 is 0 Å². The summed E-state index contributed by atoms with van der Waals surface area (Å²) in [5.74, 6) is -1.10. The number of carbonyl (C=O) groups is 6. The number of methoxy groups -OCH3 is 2. The second-order valence-corrected chi connectivity index (χ2v) is 34.3. The van der Waals surface area contributed by atoms with Crippen molar-refractivity contribution in [1.29, 1.82) is 0 Å². The van der Waals surface area contributed by atoms with Crippen molar-refractivity contribution in [3.05, 3.63) is 0 Å². The highest BCUT2D eigenvalue weighted by atomic mass is 16.6. The Labute approximate surface area is 738 Å². The molecule has 0 aromatic carbocycles. The second-order valence-electron chi connectivity index (χ2n) is 34.3. The molecule has 0 spiro atoms. The van der Waals surface area contributed by atoms with E-state index in [9.17, 15) is 28.8 Å². The lowest BCUT2D eigenvalue weighted by Crippen LogP contribution is -2.39. The first-order valence-electron chi connectivity index (χ1n) is 45.1. The van der Waals surface area contributed by atoms with Crippen molar-refractivity contribution in [2.24, 2.45) is 0 Å². The van der Waals surface area contributed by atoms with Gasteiger partial charge >= 0.3 is 35.8 Å². The summed E-state index contributed by atoms with van der Waals surface area (Å²) in [6, 6.07) is 0. The van der Waals surface area contributed by atoms with Gasteiger partial charge in [-0.25, -0.2) is 0 Å². The van der Waals surface area contributed by atoms with Crippen LogP contribution in [0.3, 0.4) is 0 Å². The van der Waals surface area contributed by atoms with Crippen molar-refractivity contribution < 1.29 is 114 Å². The number of esters is 6. The number of rotatable bonds is 67. The lowest BCUT2D eigenvalue weighted by molar-refractivity contribution is -0.157. The summed E-state index contributed by atoms with van der Waals surface area (Å²) in [6.45, 7) is 83.8. The molecule has 0 atom stereocenters. The zero-order valence-electron chi connectivity index (χ0n) is 83.6. The van der Waals surface area contributed by atoms with Crippen LogP contribution in [-0.2, 0) is 114 Å². The van der Waals surface area contributed by atoms with Gasteiger partial charge in [0.1, 0.15) is 11.2 Å². The minimum Gasteiger partial charge on any atom is -0.469 e. The van der Waals surface area contributed by atoms with Gasteiger partial charge in [-0.2, -0.15) is 0 Å². The van der Waals surface area contributed by atoms with Gasteiger partial charge in [0.2, 0.25) is 0 Å². The van der Waals surface area contributed by atoms with Gasteiger partial charge < -0.3 is 85.3 Å². The van der Waals surface area contributed by atoms with Crippen LogP contribution in [0.4, 0.5) is 0 Å². The predicted octanol–water partition coefficient (Wildman–Crippen LogP) is 12.9. The summed E-state index contributed by atoms with van der Waals surface area (Å²) < 4.78 is 96.7. The van der Waals surface area contributed by atoms with Crippen LogP contribution in [-0.4, -0.2) is 374 Å². The molecule has 0 aliphatic carbocycles. The summed E-state index contributed by atoms with van der Waals surface area (Å²) in [4.78, 5) is 81.9. The van der Waals surface area contributed by atoms with Gasteiger partial charge in [-0.05, 0) is 221 Å². The van der Waals surface area contributed by atoms with Crippen LogP contribution in [0.2, 0.25) is 0 Å². The molecule has 0 aromatic rings. The van der Waals surface area contributed by atoms with Crippen molar-refractivity contribution in [3.8, 4) is 0 Å². The normalized spacial score (nSPS) is 11.9. The van der Waals surface area contributed by atoms with Crippen molar-refractivity contribution in [3.63, 3.8) is 0 Å². The standard InChI is InChI=1S/C17H35NO4.2C16H33NO4.C15H31NO4.C14H29NO4.C13H27NO4/c1-14(2)20-12-10-18(11-13-21-15(3)4)9-8-16(19)22-17(5,6)7;1-13(2)19-10-8-17(9-11-20-14(3)4)12-15(18)21-16(5,6)7;1-6-7-10-21-16(18)13-17(8-11-19-14(2)3)9-12-20-15(4)5;1-6-18-15(17)7-8-16(9-11-19-13(2)3)10-12-20-14(4)5;1-12(2)18-10-8-15(7-6-14(16)17-5)9-11-19-13(3)4;1-11(2)17-8-6-14(10-13(15)16-5)7-9-18-12(3)4/h14-15H,8-13H2,1-7H3;13-14H,8-12H2,1-7H3;14-15H,6-13H2,1-5H3;13-14H,6-12H2,1-5H3;12-13H,6-11H2,1-5H3;11-12H,6-10H2,1-5H3. The molecule has 0 bridgehead atoms. The van der Waals surface area contributed by atoms with Crippen molar-refractivity contribution in [2.75, 3.05) is 225 Å². The van der Waals surface area contributed by atoms with Crippen molar-refractivity contribution in [1.82, 2.24) is 29.4 Å². The van der Waals surface area contributed by atoms with Crippen LogP contribution in [0.5, 0.6) is 0 Å². The van der Waals surface area contributed by atoms with Gasteiger partial charge in [0.25, 0.3) is 0 Å². The van der Waals surface area contributed by atoms with Crippen molar-refractivity contribution in [2.45, 2.75) is 338 Å². The summed E-state index contributed by atoms with van der Waals surface area (Å²) in [5, 5.41) is 0. The van der Waals surface area contributed by atoms with Gasteiger partial charge in [-0.15, -0.1) is 0 Å². The number of unbranched alkanes of at least 4 members (excludes halogenated alkanes) is 1. The average molecular weight is 1750 g/mol. The molecule has 0 amide bonds. The predicted molar refractivity (Wildman–Crippen MR) is 484 cm³/mol. The maximum atomic E-state index is 11.9. The fraction of sp³-hybridized carbons (Fsp3) is 0.934. The highest BCUT2D eigenvalue weighted by Gasteiger charge is 2.22. The van der Waals surface area contributed by atoms with Gasteiger partial charge in [-0.3, -0.25) is 58.2 Å². The van der Waals surface area contributed by atoms with Crippen LogP contribution in [0.15, 0.2) is 0 Å². The molecule has 0 saturated carbocycles. The maximum Gasteiger partial charge on any atom is 0.320 e. The number of hydrogen-bond donors (Lipinski definition) is 0. The smallest absolute Gasteiger partial charge is 0.320 e. The van der Waals surface area contributed by atoms with E-state index in [1.807, 2.05) is 229 Å². The van der Waals surface area contributed by atoms with E-state index in [1.165, 1.54) is 14.2 Å². The Balaban J connectivity index is -0.000000328. The second kappa shape index (κ2) is 84.3.